The van der Waals surface area contributed by atoms with Crippen molar-refractivity contribution in [3.63, 3.8) is 0 Å². The van der Waals surface area contributed by atoms with Crippen LogP contribution in [0, 0.1) is 0 Å². The Balaban J connectivity index is 2.29. The third kappa shape index (κ3) is 3.60. The summed E-state index contributed by atoms with van der Waals surface area (Å²) in [4.78, 5) is 0. The molecule has 104 valence electrons. The number of fused-ring (bicyclic) bond motifs is 1. The minimum absolute atomic E-state index is 0.156. The number of aromatic nitrogens is 1. The second-order valence-corrected chi connectivity index (χ2v) is 6.32. The lowest BCUT2D eigenvalue weighted by Gasteiger charge is -2.21. The van der Waals surface area contributed by atoms with Crippen molar-refractivity contribution >= 4 is 10.9 Å². The van der Waals surface area contributed by atoms with E-state index in [0.717, 1.165) is 13.1 Å². The van der Waals surface area contributed by atoms with Crippen LogP contribution in [0.25, 0.3) is 10.9 Å². The van der Waals surface area contributed by atoms with E-state index >= 15 is 0 Å². The van der Waals surface area contributed by atoms with E-state index in [2.05, 4.69) is 68.0 Å². The maximum absolute atomic E-state index is 3.59. The fourth-order valence-electron chi connectivity index (χ4n) is 2.36. The predicted octanol–water partition coefficient (Wildman–Crippen LogP) is 4.33. The highest BCUT2D eigenvalue weighted by Gasteiger charge is 2.11. The van der Waals surface area contributed by atoms with Gasteiger partial charge in [0.1, 0.15) is 0 Å². The first-order chi connectivity index (χ1) is 9.01. The Morgan fingerprint density at radius 3 is 2.63 bits per heavy atom. The van der Waals surface area contributed by atoms with Gasteiger partial charge in [0.25, 0.3) is 0 Å². The molecule has 19 heavy (non-hydrogen) atoms. The summed E-state index contributed by atoms with van der Waals surface area (Å²) < 4.78 is 2.40. The van der Waals surface area contributed by atoms with Gasteiger partial charge in [0.05, 0.1) is 5.52 Å². The average molecular weight is 258 g/mol. The molecule has 0 aliphatic rings. The average Bonchev–Trinajstić information content (AvgIpc) is 2.76. The second kappa shape index (κ2) is 5.79. The van der Waals surface area contributed by atoms with Crippen molar-refractivity contribution < 1.29 is 0 Å². The lowest BCUT2D eigenvalue weighted by atomic mass is 10.1. The SMILES string of the molecule is CCCCn1ccc2cccc(CNC(C)(C)C)c21. The molecule has 1 heterocycles. The van der Waals surface area contributed by atoms with Crippen molar-refractivity contribution in [2.24, 2.45) is 0 Å². The lowest BCUT2D eigenvalue weighted by Crippen LogP contribution is -2.35. The van der Waals surface area contributed by atoms with Gasteiger partial charge >= 0.3 is 0 Å². The van der Waals surface area contributed by atoms with Crippen molar-refractivity contribution in [2.45, 2.75) is 59.2 Å². The van der Waals surface area contributed by atoms with Crippen LogP contribution in [0.2, 0.25) is 0 Å². The number of nitrogens with one attached hydrogen (secondary N) is 1. The van der Waals surface area contributed by atoms with E-state index < -0.39 is 0 Å². The van der Waals surface area contributed by atoms with Crippen LogP contribution in [0.1, 0.15) is 46.1 Å². The minimum Gasteiger partial charge on any atom is -0.347 e. The molecule has 0 atom stereocenters. The Hall–Kier alpha value is -1.28. The maximum atomic E-state index is 3.59. The van der Waals surface area contributed by atoms with E-state index in [1.807, 2.05) is 0 Å². The molecule has 2 aromatic rings. The van der Waals surface area contributed by atoms with Crippen LogP contribution in [-0.4, -0.2) is 10.1 Å². The molecule has 1 aromatic heterocycles. The first-order valence-electron chi connectivity index (χ1n) is 7.33. The molecule has 0 saturated heterocycles. The standard InChI is InChI=1S/C17H26N2/c1-5-6-11-19-12-10-14-8-7-9-15(16(14)19)13-18-17(2,3)4/h7-10,12,18H,5-6,11,13H2,1-4H3. The highest BCUT2D eigenvalue weighted by molar-refractivity contribution is 5.83. The number of aryl methyl sites for hydroxylation is 1. The molecular formula is C17H26N2. The Kier molecular flexibility index (Phi) is 4.31. The molecule has 2 heteroatoms. The number of rotatable bonds is 5. The normalized spacial score (nSPS) is 12.2. The van der Waals surface area contributed by atoms with Gasteiger partial charge in [0.2, 0.25) is 0 Å². The zero-order valence-electron chi connectivity index (χ0n) is 12.7. The summed E-state index contributed by atoms with van der Waals surface area (Å²) in [5.74, 6) is 0. The van der Waals surface area contributed by atoms with Gasteiger partial charge in [0.15, 0.2) is 0 Å². The fraction of sp³-hybridized carbons (Fsp3) is 0.529. The quantitative estimate of drug-likeness (QED) is 0.844. The van der Waals surface area contributed by atoms with Gasteiger partial charge in [-0.1, -0.05) is 31.5 Å². The van der Waals surface area contributed by atoms with Gasteiger partial charge in [0, 0.05) is 24.8 Å². The van der Waals surface area contributed by atoms with Crippen LogP contribution in [0.3, 0.4) is 0 Å². The van der Waals surface area contributed by atoms with E-state index in [-0.39, 0.29) is 5.54 Å². The first kappa shape index (κ1) is 14.1. The maximum Gasteiger partial charge on any atom is 0.0525 e. The van der Waals surface area contributed by atoms with Gasteiger partial charge < -0.3 is 9.88 Å². The van der Waals surface area contributed by atoms with Gasteiger partial charge in [-0.15, -0.1) is 0 Å². The molecule has 0 aliphatic heterocycles. The molecule has 0 bridgehead atoms. The molecule has 1 aromatic carbocycles. The Morgan fingerprint density at radius 1 is 1.16 bits per heavy atom. The van der Waals surface area contributed by atoms with Crippen LogP contribution in [0.15, 0.2) is 30.5 Å². The largest absolute Gasteiger partial charge is 0.347 e. The minimum atomic E-state index is 0.156. The molecule has 0 amide bonds. The first-order valence-corrected chi connectivity index (χ1v) is 7.33. The van der Waals surface area contributed by atoms with E-state index in [1.165, 1.54) is 29.3 Å². The summed E-state index contributed by atoms with van der Waals surface area (Å²) in [7, 11) is 0. The lowest BCUT2D eigenvalue weighted by molar-refractivity contribution is 0.424. The molecule has 0 aliphatic carbocycles. The smallest absolute Gasteiger partial charge is 0.0525 e. The van der Waals surface area contributed by atoms with Crippen LogP contribution < -0.4 is 5.32 Å². The highest BCUT2D eigenvalue weighted by atomic mass is 15.0. The monoisotopic (exact) mass is 258 g/mol. The van der Waals surface area contributed by atoms with E-state index in [9.17, 15) is 0 Å². The Morgan fingerprint density at radius 2 is 1.95 bits per heavy atom. The van der Waals surface area contributed by atoms with Gasteiger partial charge in [-0.05, 0) is 44.2 Å². The van der Waals surface area contributed by atoms with Crippen LogP contribution in [0.5, 0.6) is 0 Å². The van der Waals surface area contributed by atoms with Crippen molar-refractivity contribution in [3.05, 3.63) is 36.0 Å². The topological polar surface area (TPSA) is 17.0 Å². The van der Waals surface area contributed by atoms with E-state index in [4.69, 9.17) is 0 Å². The molecule has 0 unspecified atom stereocenters. The van der Waals surface area contributed by atoms with E-state index in [1.54, 1.807) is 0 Å². The molecule has 1 N–H and O–H groups in total. The predicted molar refractivity (Wildman–Crippen MR) is 83.4 cm³/mol. The number of hydrogen-bond donors (Lipinski definition) is 1. The van der Waals surface area contributed by atoms with Crippen molar-refractivity contribution in [1.29, 1.82) is 0 Å². The van der Waals surface area contributed by atoms with Crippen LogP contribution in [0.4, 0.5) is 0 Å². The Labute approximate surface area is 116 Å². The number of unbranched alkanes of at least 4 members (excludes halogenated alkanes) is 1. The zero-order chi connectivity index (χ0) is 13.9. The summed E-state index contributed by atoms with van der Waals surface area (Å²) >= 11 is 0. The van der Waals surface area contributed by atoms with E-state index in [0.29, 0.717) is 0 Å². The van der Waals surface area contributed by atoms with Gasteiger partial charge in [-0.2, -0.15) is 0 Å². The molecule has 0 spiro atoms. The second-order valence-electron chi connectivity index (χ2n) is 6.32. The fourth-order valence-corrected chi connectivity index (χ4v) is 2.36. The number of nitrogens with zero attached hydrogens (tertiary/aromatic N) is 1. The van der Waals surface area contributed by atoms with Gasteiger partial charge in [-0.25, -0.2) is 0 Å². The molecule has 0 saturated carbocycles. The molecule has 0 fully saturated rings. The zero-order valence-corrected chi connectivity index (χ0v) is 12.7. The van der Waals surface area contributed by atoms with Crippen molar-refractivity contribution in [1.82, 2.24) is 9.88 Å². The number of hydrogen-bond acceptors (Lipinski definition) is 1. The molecular weight excluding hydrogens is 232 g/mol. The van der Waals surface area contributed by atoms with Crippen LogP contribution >= 0.6 is 0 Å². The summed E-state index contributed by atoms with van der Waals surface area (Å²) in [6, 6.07) is 8.83. The Bertz CT molecular complexity index is 532. The van der Waals surface area contributed by atoms with Gasteiger partial charge in [-0.3, -0.25) is 0 Å². The highest BCUT2D eigenvalue weighted by Crippen LogP contribution is 2.21. The summed E-state index contributed by atoms with van der Waals surface area (Å²) in [5.41, 5.74) is 2.95. The summed E-state index contributed by atoms with van der Waals surface area (Å²) in [5, 5.41) is 4.94. The molecule has 2 rings (SSSR count). The summed E-state index contributed by atoms with van der Waals surface area (Å²) in [6.45, 7) is 10.9. The van der Waals surface area contributed by atoms with Crippen molar-refractivity contribution in [3.8, 4) is 0 Å². The number of benzene rings is 1. The van der Waals surface area contributed by atoms with Crippen molar-refractivity contribution in [2.75, 3.05) is 0 Å². The number of para-hydroxylation sites is 1. The third-order valence-corrected chi connectivity index (χ3v) is 3.43. The molecule has 2 nitrogen and oxygen atoms in total. The summed E-state index contributed by atoms with van der Waals surface area (Å²) in [6.07, 6.45) is 4.70. The third-order valence-electron chi connectivity index (χ3n) is 3.43. The van der Waals surface area contributed by atoms with Crippen LogP contribution in [-0.2, 0) is 13.1 Å². The molecule has 0 radical (unpaired) electrons.